The fourth-order valence-electron chi connectivity index (χ4n) is 3.45. The molecule has 0 aliphatic heterocycles. The Hall–Kier alpha value is -2.75. The largest absolute Gasteiger partial charge is 0.480 e. The lowest BCUT2D eigenvalue weighted by atomic mass is 9.72. The quantitative estimate of drug-likeness (QED) is 0.544. The number of carbonyl (C=O) groups excluding carboxylic acids is 2. The molecule has 0 radical (unpaired) electrons. The van der Waals surface area contributed by atoms with E-state index in [9.17, 15) is 19.5 Å². The molecule has 0 aromatic heterocycles. The zero-order chi connectivity index (χ0) is 20.4. The van der Waals surface area contributed by atoms with E-state index in [-0.39, 0.29) is 19.3 Å². The van der Waals surface area contributed by atoms with E-state index in [4.69, 9.17) is 0 Å². The Balaban J connectivity index is 2.18. The molecule has 2 aromatic rings. The highest BCUT2D eigenvalue weighted by Gasteiger charge is 2.50. The predicted molar refractivity (Wildman–Crippen MR) is 109 cm³/mol. The van der Waals surface area contributed by atoms with Crippen LogP contribution in [0.3, 0.4) is 0 Å². The SMILES string of the molecule is CCCCC(C(=O)O)(C(=O)CCc1ccccc1)C(=O)CCc1ccccc1. The van der Waals surface area contributed by atoms with Gasteiger partial charge in [0.25, 0.3) is 0 Å². The Bertz CT molecular complexity index is 725. The molecule has 0 saturated heterocycles. The zero-order valence-corrected chi connectivity index (χ0v) is 16.4. The molecule has 4 heteroatoms. The smallest absolute Gasteiger partial charge is 0.324 e. The van der Waals surface area contributed by atoms with Crippen molar-refractivity contribution in [1.29, 1.82) is 0 Å². The topological polar surface area (TPSA) is 71.4 Å². The zero-order valence-electron chi connectivity index (χ0n) is 16.4. The molecule has 0 aliphatic rings. The number of ketones is 2. The number of aryl methyl sites for hydroxylation is 2. The number of Topliss-reactive ketones (excluding diaryl/α,β-unsaturated/α-hetero) is 2. The van der Waals surface area contributed by atoms with Crippen molar-refractivity contribution in [2.45, 2.75) is 51.9 Å². The minimum Gasteiger partial charge on any atom is -0.480 e. The van der Waals surface area contributed by atoms with Crippen molar-refractivity contribution in [3.05, 3.63) is 71.8 Å². The number of carbonyl (C=O) groups is 3. The molecule has 0 atom stereocenters. The normalized spacial score (nSPS) is 11.2. The monoisotopic (exact) mass is 380 g/mol. The van der Waals surface area contributed by atoms with Crippen molar-refractivity contribution in [3.8, 4) is 0 Å². The molecule has 0 unspecified atom stereocenters. The van der Waals surface area contributed by atoms with Crippen LogP contribution in [-0.4, -0.2) is 22.6 Å². The highest BCUT2D eigenvalue weighted by Crippen LogP contribution is 2.32. The molecule has 28 heavy (non-hydrogen) atoms. The van der Waals surface area contributed by atoms with Crippen LogP contribution in [-0.2, 0) is 27.2 Å². The van der Waals surface area contributed by atoms with Gasteiger partial charge >= 0.3 is 5.97 Å². The number of carboxylic acid groups (broad SMARTS) is 1. The van der Waals surface area contributed by atoms with E-state index >= 15 is 0 Å². The molecule has 1 N–H and O–H groups in total. The maximum absolute atomic E-state index is 13.0. The third-order valence-corrected chi connectivity index (χ3v) is 5.19. The van der Waals surface area contributed by atoms with Crippen LogP contribution in [0.15, 0.2) is 60.7 Å². The van der Waals surface area contributed by atoms with Gasteiger partial charge in [-0.15, -0.1) is 0 Å². The number of hydrogen-bond acceptors (Lipinski definition) is 3. The van der Waals surface area contributed by atoms with E-state index in [2.05, 4.69) is 0 Å². The number of aliphatic carboxylic acids is 1. The van der Waals surface area contributed by atoms with Gasteiger partial charge in [-0.25, -0.2) is 0 Å². The van der Waals surface area contributed by atoms with Crippen LogP contribution in [0, 0.1) is 5.41 Å². The first-order valence-corrected chi connectivity index (χ1v) is 9.88. The first kappa shape index (κ1) is 21.5. The molecule has 2 aromatic carbocycles. The molecular formula is C24H28O4. The predicted octanol–water partition coefficient (Wildman–Crippen LogP) is 4.65. The summed E-state index contributed by atoms with van der Waals surface area (Å²) in [7, 11) is 0. The van der Waals surface area contributed by atoms with Gasteiger partial charge < -0.3 is 5.11 Å². The van der Waals surface area contributed by atoms with Crippen LogP contribution >= 0.6 is 0 Å². The van der Waals surface area contributed by atoms with Crippen LogP contribution in [0.25, 0.3) is 0 Å². The highest BCUT2D eigenvalue weighted by atomic mass is 16.4. The number of rotatable bonds is 12. The summed E-state index contributed by atoms with van der Waals surface area (Å²) in [4.78, 5) is 38.3. The maximum atomic E-state index is 13.0. The van der Waals surface area contributed by atoms with Crippen LogP contribution in [0.1, 0.15) is 50.2 Å². The van der Waals surface area contributed by atoms with E-state index in [1.165, 1.54) is 0 Å². The third-order valence-electron chi connectivity index (χ3n) is 5.19. The van der Waals surface area contributed by atoms with Gasteiger partial charge in [0, 0.05) is 12.8 Å². The van der Waals surface area contributed by atoms with Crippen molar-refractivity contribution in [2.75, 3.05) is 0 Å². The maximum Gasteiger partial charge on any atom is 0.324 e. The third kappa shape index (κ3) is 5.38. The molecule has 0 spiro atoms. The Kier molecular flexibility index (Phi) is 8.12. The molecule has 4 nitrogen and oxygen atoms in total. The second kappa shape index (κ2) is 10.5. The molecule has 0 saturated carbocycles. The van der Waals surface area contributed by atoms with Gasteiger partial charge in [0.1, 0.15) is 0 Å². The van der Waals surface area contributed by atoms with Gasteiger partial charge in [0.15, 0.2) is 17.0 Å². The van der Waals surface area contributed by atoms with Crippen molar-refractivity contribution in [3.63, 3.8) is 0 Å². The van der Waals surface area contributed by atoms with Crippen molar-refractivity contribution >= 4 is 17.5 Å². The van der Waals surface area contributed by atoms with Gasteiger partial charge in [-0.05, 0) is 30.4 Å². The molecule has 0 aliphatic carbocycles. The van der Waals surface area contributed by atoms with Crippen LogP contribution in [0.2, 0.25) is 0 Å². The molecule has 2 rings (SSSR count). The van der Waals surface area contributed by atoms with Crippen LogP contribution in [0.4, 0.5) is 0 Å². The van der Waals surface area contributed by atoms with Crippen molar-refractivity contribution in [1.82, 2.24) is 0 Å². The van der Waals surface area contributed by atoms with E-state index in [1.807, 2.05) is 67.6 Å². The van der Waals surface area contributed by atoms with Gasteiger partial charge in [0.2, 0.25) is 0 Å². The van der Waals surface area contributed by atoms with Crippen molar-refractivity contribution in [2.24, 2.45) is 5.41 Å². The van der Waals surface area contributed by atoms with E-state index in [1.54, 1.807) is 0 Å². The second-order valence-corrected chi connectivity index (χ2v) is 7.13. The summed E-state index contributed by atoms with van der Waals surface area (Å²) in [5, 5.41) is 9.94. The summed E-state index contributed by atoms with van der Waals surface area (Å²) in [6.07, 6.45) is 2.31. The number of unbranched alkanes of at least 4 members (excludes halogenated alkanes) is 1. The summed E-state index contributed by atoms with van der Waals surface area (Å²) >= 11 is 0. The van der Waals surface area contributed by atoms with E-state index < -0.39 is 23.0 Å². The Morgan fingerprint density at radius 2 is 1.21 bits per heavy atom. The first-order chi connectivity index (χ1) is 13.5. The fraction of sp³-hybridized carbons (Fsp3) is 0.375. The molecule has 0 heterocycles. The minimum absolute atomic E-state index is 0.0527. The van der Waals surface area contributed by atoms with Crippen LogP contribution < -0.4 is 0 Å². The van der Waals surface area contributed by atoms with E-state index in [0.717, 1.165) is 17.5 Å². The lowest BCUT2D eigenvalue weighted by molar-refractivity contribution is -0.160. The molecule has 0 fully saturated rings. The number of benzene rings is 2. The van der Waals surface area contributed by atoms with Gasteiger partial charge in [-0.3, -0.25) is 14.4 Å². The Morgan fingerprint density at radius 1 is 0.786 bits per heavy atom. The first-order valence-electron chi connectivity index (χ1n) is 9.88. The summed E-state index contributed by atoms with van der Waals surface area (Å²) < 4.78 is 0. The number of carboxylic acids is 1. The lowest BCUT2D eigenvalue weighted by Crippen LogP contribution is -2.46. The Morgan fingerprint density at radius 3 is 1.57 bits per heavy atom. The van der Waals surface area contributed by atoms with Crippen LogP contribution in [0.5, 0.6) is 0 Å². The summed E-state index contributed by atoms with van der Waals surface area (Å²) in [6, 6.07) is 18.9. The highest BCUT2D eigenvalue weighted by molar-refractivity contribution is 6.21. The fourth-order valence-corrected chi connectivity index (χ4v) is 3.45. The summed E-state index contributed by atoms with van der Waals surface area (Å²) in [5.74, 6) is -2.26. The van der Waals surface area contributed by atoms with Gasteiger partial charge in [-0.1, -0.05) is 80.4 Å². The molecule has 0 amide bonds. The summed E-state index contributed by atoms with van der Waals surface area (Å²) in [5.41, 5.74) is -0.00994. The Labute approximate surface area is 166 Å². The van der Waals surface area contributed by atoms with E-state index in [0.29, 0.717) is 19.3 Å². The molecular weight excluding hydrogens is 352 g/mol. The van der Waals surface area contributed by atoms with Gasteiger partial charge in [0.05, 0.1) is 0 Å². The molecule has 0 bridgehead atoms. The average molecular weight is 380 g/mol. The standard InChI is InChI=1S/C24H28O4/c1-2-3-18-24(23(27)28,21(25)16-14-19-10-6-4-7-11-19)22(26)17-15-20-12-8-5-9-13-20/h4-13H,2-3,14-18H2,1H3,(H,27,28). The number of hydrogen-bond donors (Lipinski definition) is 1. The minimum atomic E-state index is -1.93. The summed E-state index contributed by atoms with van der Waals surface area (Å²) in [6.45, 7) is 1.93. The molecule has 148 valence electrons. The van der Waals surface area contributed by atoms with Gasteiger partial charge in [-0.2, -0.15) is 0 Å². The van der Waals surface area contributed by atoms with Crippen molar-refractivity contribution < 1.29 is 19.5 Å². The second-order valence-electron chi connectivity index (χ2n) is 7.13. The lowest BCUT2D eigenvalue weighted by Gasteiger charge is -2.27. The average Bonchev–Trinajstić information content (AvgIpc) is 2.72.